The predicted molar refractivity (Wildman–Crippen MR) is 118 cm³/mol. The van der Waals surface area contributed by atoms with E-state index in [0.29, 0.717) is 16.8 Å². The van der Waals surface area contributed by atoms with Gasteiger partial charge in [-0.2, -0.15) is 0 Å². The van der Waals surface area contributed by atoms with Crippen molar-refractivity contribution in [2.45, 2.75) is 47.5 Å². The standard InChI is InChI=1S/C20H16F4N2O2.2C2H6/c1-3-13(14-6-7-18-19(8-14)28-20(23,24)27-18)5-4-12(2)26-9-15-16(21)10-25-11-17(15)22;2*1-2/h3-8,10-11,26H,2,9H2,1H3;2*1-2H3/b5-4-,13-3+;;. The van der Waals surface area contributed by atoms with Gasteiger partial charge in [0.2, 0.25) is 0 Å². The number of rotatable bonds is 6. The molecule has 0 aliphatic carbocycles. The highest BCUT2D eigenvalue weighted by molar-refractivity contribution is 5.76. The Morgan fingerprint density at radius 3 is 2.22 bits per heavy atom. The van der Waals surface area contributed by atoms with Gasteiger partial charge in [0.1, 0.15) is 11.6 Å². The number of halogens is 4. The minimum atomic E-state index is -3.68. The molecule has 1 aromatic carbocycles. The number of fused-ring (bicyclic) bond motifs is 1. The number of aromatic nitrogens is 1. The summed E-state index contributed by atoms with van der Waals surface area (Å²) in [6, 6.07) is 4.44. The molecule has 174 valence electrons. The van der Waals surface area contributed by atoms with Crippen molar-refractivity contribution in [3.63, 3.8) is 0 Å². The first-order chi connectivity index (χ1) is 15.3. The molecule has 1 N–H and O–H groups in total. The van der Waals surface area contributed by atoms with Gasteiger partial charge in [-0.05, 0) is 36.3 Å². The number of hydrogen-bond acceptors (Lipinski definition) is 4. The van der Waals surface area contributed by atoms with Crippen molar-refractivity contribution >= 4 is 5.57 Å². The molecule has 2 heterocycles. The smallest absolute Gasteiger partial charge is 0.395 e. The van der Waals surface area contributed by atoms with Crippen LogP contribution in [0, 0.1) is 11.6 Å². The van der Waals surface area contributed by atoms with Crippen molar-refractivity contribution in [2.75, 3.05) is 0 Å². The van der Waals surface area contributed by atoms with Crippen molar-refractivity contribution < 1.29 is 27.0 Å². The molecule has 1 aliphatic heterocycles. The van der Waals surface area contributed by atoms with E-state index in [1.807, 2.05) is 27.7 Å². The first-order valence-electron chi connectivity index (χ1n) is 10.2. The number of nitrogens with zero attached hydrogens (tertiary/aromatic N) is 1. The fraction of sp³-hybridized carbons (Fsp3) is 0.292. The third-order valence-corrected chi connectivity index (χ3v) is 3.95. The number of ether oxygens (including phenoxy) is 2. The summed E-state index contributed by atoms with van der Waals surface area (Å²) in [4.78, 5) is 3.42. The highest BCUT2D eigenvalue weighted by Gasteiger charge is 2.43. The SMILES string of the molecule is C=C(/C=C\C(=C/C)c1ccc2c(c1)OC(F)(F)O2)NCc1c(F)cncc1F.CC.CC. The lowest BCUT2D eigenvalue weighted by molar-refractivity contribution is -0.286. The molecular weight excluding hydrogens is 424 g/mol. The van der Waals surface area contributed by atoms with Crippen molar-refractivity contribution in [1.82, 2.24) is 10.3 Å². The summed E-state index contributed by atoms with van der Waals surface area (Å²) in [5.74, 6) is -1.61. The second-order valence-electron chi connectivity index (χ2n) is 5.87. The van der Waals surface area contributed by atoms with Gasteiger partial charge in [0.05, 0.1) is 12.4 Å². The van der Waals surface area contributed by atoms with E-state index >= 15 is 0 Å². The minimum absolute atomic E-state index is 0.0411. The Labute approximate surface area is 186 Å². The summed E-state index contributed by atoms with van der Waals surface area (Å²) in [5.41, 5.74) is 1.58. The summed E-state index contributed by atoms with van der Waals surface area (Å²) in [5, 5.41) is 2.80. The molecule has 0 bridgehead atoms. The molecule has 2 aromatic rings. The first kappa shape index (κ1) is 26.7. The molecule has 4 nitrogen and oxygen atoms in total. The van der Waals surface area contributed by atoms with Crippen LogP contribution in [0.1, 0.15) is 45.7 Å². The molecule has 0 fully saturated rings. The second kappa shape index (κ2) is 12.5. The molecule has 0 saturated heterocycles. The lowest BCUT2D eigenvalue weighted by Crippen LogP contribution is -2.25. The number of nitrogens with one attached hydrogen (secondary N) is 1. The van der Waals surface area contributed by atoms with Gasteiger partial charge >= 0.3 is 6.29 Å². The maximum absolute atomic E-state index is 13.6. The Morgan fingerprint density at radius 2 is 1.62 bits per heavy atom. The van der Waals surface area contributed by atoms with E-state index in [-0.39, 0.29) is 23.6 Å². The number of pyridine rings is 1. The average molecular weight is 452 g/mol. The molecule has 0 saturated carbocycles. The van der Waals surface area contributed by atoms with Gasteiger partial charge in [-0.25, -0.2) is 8.78 Å². The van der Waals surface area contributed by atoms with Crippen LogP contribution in [0.5, 0.6) is 11.5 Å². The summed E-state index contributed by atoms with van der Waals surface area (Å²) in [6.07, 6.45) is 3.24. The molecule has 3 rings (SSSR count). The maximum Gasteiger partial charge on any atom is 0.586 e. The van der Waals surface area contributed by atoms with Crippen molar-refractivity contribution in [2.24, 2.45) is 0 Å². The normalized spacial score (nSPS) is 13.6. The quantitative estimate of drug-likeness (QED) is 0.379. The topological polar surface area (TPSA) is 43.4 Å². The third-order valence-electron chi connectivity index (χ3n) is 3.95. The van der Waals surface area contributed by atoms with Crippen LogP contribution in [0.2, 0.25) is 0 Å². The molecule has 0 spiro atoms. The number of alkyl halides is 2. The van der Waals surface area contributed by atoms with E-state index in [4.69, 9.17) is 0 Å². The third kappa shape index (κ3) is 7.14. The van der Waals surface area contributed by atoms with Crippen LogP contribution < -0.4 is 14.8 Å². The maximum atomic E-state index is 13.6. The fourth-order valence-electron chi connectivity index (χ4n) is 2.55. The lowest BCUT2D eigenvalue weighted by atomic mass is 10.0. The van der Waals surface area contributed by atoms with Gasteiger partial charge in [0, 0.05) is 17.8 Å². The van der Waals surface area contributed by atoms with Crippen molar-refractivity contribution in [1.29, 1.82) is 0 Å². The van der Waals surface area contributed by atoms with Crippen LogP contribution in [0.4, 0.5) is 17.6 Å². The van der Waals surface area contributed by atoms with E-state index in [0.717, 1.165) is 12.4 Å². The highest BCUT2D eigenvalue weighted by atomic mass is 19.3. The van der Waals surface area contributed by atoms with Gasteiger partial charge in [-0.1, -0.05) is 52.5 Å². The van der Waals surface area contributed by atoms with Crippen LogP contribution >= 0.6 is 0 Å². The zero-order chi connectivity index (χ0) is 24.3. The van der Waals surface area contributed by atoms with Crippen molar-refractivity contribution in [3.05, 3.63) is 83.9 Å². The molecule has 0 unspecified atom stereocenters. The van der Waals surface area contributed by atoms with Crippen LogP contribution in [0.15, 0.2) is 61.1 Å². The fourth-order valence-corrected chi connectivity index (χ4v) is 2.55. The van der Waals surface area contributed by atoms with Crippen LogP contribution in [0.25, 0.3) is 5.57 Å². The largest absolute Gasteiger partial charge is 0.586 e. The van der Waals surface area contributed by atoms with Crippen molar-refractivity contribution in [3.8, 4) is 11.5 Å². The molecule has 1 aromatic heterocycles. The number of benzene rings is 1. The van der Waals surface area contributed by atoms with Gasteiger partial charge in [0.15, 0.2) is 11.5 Å². The monoisotopic (exact) mass is 452 g/mol. The summed E-state index contributed by atoms with van der Waals surface area (Å²) < 4.78 is 62.3. The molecule has 8 heteroatoms. The minimum Gasteiger partial charge on any atom is -0.395 e. The van der Waals surface area contributed by atoms with E-state index in [1.54, 1.807) is 31.2 Å². The van der Waals surface area contributed by atoms with E-state index in [1.165, 1.54) is 12.1 Å². The second-order valence-corrected chi connectivity index (χ2v) is 5.87. The molecule has 0 amide bonds. The summed E-state index contributed by atoms with van der Waals surface area (Å²) in [6.45, 7) is 13.4. The van der Waals surface area contributed by atoms with Crippen LogP contribution in [0.3, 0.4) is 0 Å². The van der Waals surface area contributed by atoms with Gasteiger partial charge in [-0.3, -0.25) is 4.98 Å². The molecule has 0 atom stereocenters. The van der Waals surface area contributed by atoms with E-state index < -0.39 is 17.9 Å². The Hall–Kier alpha value is -3.29. The molecule has 1 aliphatic rings. The summed E-state index contributed by atoms with van der Waals surface area (Å²) in [7, 11) is 0. The predicted octanol–water partition coefficient (Wildman–Crippen LogP) is 7.00. The molecular formula is C24H28F4N2O2. The Morgan fingerprint density at radius 1 is 1.03 bits per heavy atom. The van der Waals surface area contributed by atoms with Crippen LogP contribution in [-0.4, -0.2) is 11.3 Å². The Bertz CT molecular complexity index is 952. The molecule has 0 radical (unpaired) electrons. The first-order valence-corrected chi connectivity index (χ1v) is 10.2. The average Bonchev–Trinajstić information content (AvgIpc) is 3.09. The Kier molecular flexibility index (Phi) is 10.5. The Balaban J connectivity index is 0.00000121. The van der Waals surface area contributed by atoms with E-state index in [2.05, 4.69) is 26.4 Å². The van der Waals surface area contributed by atoms with Crippen LogP contribution in [-0.2, 0) is 6.54 Å². The lowest BCUT2D eigenvalue weighted by Gasteiger charge is -2.08. The van der Waals surface area contributed by atoms with Gasteiger partial charge in [-0.15, -0.1) is 8.78 Å². The van der Waals surface area contributed by atoms with Gasteiger partial charge < -0.3 is 14.8 Å². The molecule has 32 heavy (non-hydrogen) atoms. The zero-order valence-electron chi connectivity index (χ0n) is 18.8. The number of allylic oxidation sites excluding steroid dienone is 4. The number of hydrogen-bond donors (Lipinski definition) is 1. The van der Waals surface area contributed by atoms with E-state index in [9.17, 15) is 17.6 Å². The summed E-state index contributed by atoms with van der Waals surface area (Å²) >= 11 is 0. The van der Waals surface area contributed by atoms with Gasteiger partial charge in [0.25, 0.3) is 0 Å². The zero-order valence-corrected chi connectivity index (χ0v) is 18.8. The highest BCUT2D eigenvalue weighted by Crippen LogP contribution is 2.42.